The molecule has 1 aromatic carbocycles. The molecule has 28 heavy (non-hydrogen) atoms. The number of hydrogen-bond acceptors (Lipinski definition) is 5. The minimum atomic E-state index is -0.0856. The zero-order valence-corrected chi connectivity index (χ0v) is 16.2. The highest BCUT2D eigenvalue weighted by atomic mass is 16.5. The topological polar surface area (TPSA) is 63.0 Å². The Bertz CT molecular complexity index is 825. The van der Waals surface area contributed by atoms with Crippen LogP contribution >= 0.6 is 0 Å². The number of carbonyl (C=O) groups excluding carboxylic acids is 2. The van der Waals surface area contributed by atoms with Gasteiger partial charge >= 0.3 is 0 Å². The lowest BCUT2D eigenvalue weighted by Crippen LogP contribution is -2.35. The van der Waals surface area contributed by atoms with E-state index in [1.54, 1.807) is 36.4 Å². The number of furan rings is 1. The second-order valence-electron chi connectivity index (χ2n) is 6.87. The summed E-state index contributed by atoms with van der Waals surface area (Å²) in [5.74, 6) is 1.49. The summed E-state index contributed by atoms with van der Waals surface area (Å²) in [5.41, 5.74) is 0.641. The molecule has 1 aliphatic rings. The summed E-state index contributed by atoms with van der Waals surface area (Å²) in [5, 5.41) is 0. The summed E-state index contributed by atoms with van der Waals surface area (Å²) in [6.45, 7) is 9.58. The minimum absolute atomic E-state index is 0.0156. The van der Waals surface area contributed by atoms with Crippen LogP contribution in [0.15, 0.2) is 53.5 Å². The van der Waals surface area contributed by atoms with Crippen LogP contribution in [0.2, 0.25) is 0 Å². The standard InChI is InChI=1S/C22H26N2O4/c1-3-11-23-12-4-13-24(15-14-23)22(26)21-10-9-20(28-21)16-27-19-7-5-18(6-8-19)17(2)25/h3,5-10H,1,4,11-16H2,2H3. The van der Waals surface area contributed by atoms with Crippen molar-refractivity contribution in [3.63, 3.8) is 0 Å². The summed E-state index contributed by atoms with van der Waals surface area (Å²) in [4.78, 5) is 28.2. The highest BCUT2D eigenvalue weighted by molar-refractivity contribution is 5.94. The molecular weight excluding hydrogens is 356 g/mol. The van der Waals surface area contributed by atoms with Crippen LogP contribution in [0.3, 0.4) is 0 Å². The zero-order valence-electron chi connectivity index (χ0n) is 16.2. The first-order valence-corrected chi connectivity index (χ1v) is 9.52. The average Bonchev–Trinajstić information content (AvgIpc) is 3.05. The Balaban J connectivity index is 1.55. The van der Waals surface area contributed by atoms with Crippen LogP contribution in [-0.2, 0) is 6.61 Å². The fourth-order valence-corrected chi connectivity index (χ4v) is 3.21. The largest absolute Gasteiger partial charge is 0.486 e. The zero-order chi connectivity index (χ0) is 19.9. The van der Waals surface area contributed by atoms with E-state index in [1.807, 2.05) is 11.0 Å². The lowest BCUT2D eigenvalue weighted by molar-refractivity contribution is 0.0726. The summed E-state index contributed by atoms with van der Waals surface area (Å²) in [6, 6.07) is 10.4. The molecule has 3 rings (SSSR count). The van der Waals surface area contributed by atoms with Gasteiger partial charge in [-0.25, -0.2) is 0 Å². The number of nitrogens with zero attached hydrogens (tertiary/aromatic N) is 2. The molecule has 0 N–H and O–H groups in total. The van der Waals surface area contributed by atoms with Gasteiger partial charge in [-0.05, 0) is 49.7 Å². The molecule has 6 nitrogen and oxygen atoms in total. The minimum Gasteiger partial charge on any atom is -0.486 e. The molecule has 0 atom stereocenters. The van der Waals surface area contributed by atoms with Crippen molar-refractivity contribution >= 4 is 11.7 Å². The monoisotopic (exact) mass is 382 g/mol. The number of amides is 1. The van der Waals surface area contributed by atoms with Crippen LogP contribution < -0.4 is 4.74 Å². The molecule has 0 radical (unpaired) electrons. The van der Waals surface area contributed by atoms with Gasteiger partial charge in [0.05, 0.1) is 0 Å². The molecule has 2 heterocycles. The quantitative estimate of drug-likeness (QED) is 0.543. The highest BCUT2D eigenvalue weighted by Crippen LogP contribution is 2.17. The van der Waals surface area contributed by atoms with Crippen molar-refractivity contribution in [1.29, 1.82) is 0 Å². The number of ether oxygens (including phenoxy) is 1. The number of rotatable bonds is 7. The van der Waals surface area contributed by atoms with Gasteiger partial charge in [0.2, 0.25) is 0 Å². The van der Waals surface area contributed by atoms with Crippen LogP contribution in [0.4, 0.5) is 0 Å². The molecule has 1 amide bonds. The molecule has 0 unspecified atom stereocenters. The van der Waals surface area contributed by atoms with Gasteiger partial charge in [-0.2, -0.15) is 0 Å². The average molecular weight is 382 g/mol. The summed E-state index contributed by atoms with van der Waals surface area (Å²) in [7, 11) is 0. The van der Waals surface area contributed by atoms with Crippen LogP contribution in [0, 0.1) is 0 Å². The van der Waals surface area contributed by atoms with E-state index >= 15 is 0 Å². The Morgan fingerprint density at radius 3 is 2.61 bits per heavy atom. The maximum absolute atomic E-state index is 12.7. The van der Waals surface area contributed by atoms with E-state index in [0.29, 0.717) is 29.4 Å². The maximum Gasteiger partial charge on any atom is 0.289 e. The molecule has 0 bridgehead atoms. The molecule has 1 aliphatic heterocycles. The Kier molecular flexibility index (Phi) is 6.66. The van der Waals surface area contributed by atoms with E-state index in [1.165, 1.54) is 6.92 Å². The van der Waals surface area contributed by atoms with Crippen LogP contribution in [0.25, 0.3) is 0 Å². The SMILES string of the molecule is C=CCN1CCCN(C(=O)c2ccc(COc3ccc(C(C)=O)cc3)o2)CC1. The molecule has 0 saturated carbocycles. The predicted octanol–water partition coefficient (Wildman–Crippen LogP) is 3.40. The van der Waals surface area contributed by atoms with Gasteiger partial charge < -0.3 is 14.1 Å². The van der Waals surface area contributed by atoms with Crippen molar-refractivity contribution in [3.8, 4) is 5.75 Å². The third-order valence-corrected chi connectivity index (χ3v) is 4.78. The second-order valence-corrected chi connectivity index (χ2v) is 6.87. The summed E-state index contributed by atoms with van der Waals surface area (Å²) < 4.78 is 11.4. The van der Waals surface area contributed by atoms with E-state index in [-0.39, 0.29) is 18.3 Å². The molecule has 6 heteroatoms. The molecule has 0 spiro atoms. The van der Waals surface area contributed by atoms with Crippen molar-refractivity contribution in [2.45, 2.75) is 20.0 Å². The fraction of sp³-hybridized carbons (Fsp3) is 0.364. The van der Waals surface area contributed by atoms with Gasteiger partial charge in [0.25, 0.3) is 5.91 Å². The third kappa shape index (κ3) is 5.10. The van der Waals surface area contributed by atoms with E-state index in [9.17, 15) is 9.59 Å². The number of benzene rings is 1. The Hall–Kier alpha value is -2.86. The fourth-order valence-electron chi connectivity index (χ4n) is 3.21. The first kappa shape index (κ1) is 19.9. The number of ketones is 1. The van der Waals surface area contributed by atoms with Crippen molar-refractivity contribution in [3.05, 3.63) is 66.1 Å². The number of hydrogen-bond donors (Lipinski definition) is 0. The second kappa shape index (κ2) is 9.37. The Labute approximate surface area is 165 Å². The van der Waals surface area contributed by atoms with Gasteiger partial charge in [-0.3, -0.25) is 14.5 Å². The highest BCUT2D eigenvalue weighted by Gasteiger charge is 2.22. The van der Waals surface area contributed by atoms with Crippen molar-refractivity contribution in [2.75, 3.05) is 32.7 Å². The Morgan fingerprint density at radius 2 is 1.89 bits per heavy atom. The van der Waals surface area contributed by atoms with E-state index in [2.05, 4.69) is 11.5 Å². The summed E-state index contributed by atoms with van der Waals surface area (Å²) >= 11 is 0. The first-order valence-electron chi connectivity index (χ1n) is 9.52. The maximum atomic E-state index is 12.7. The number of Topliss-reactive ketones (excluding diaryl/α,β-unsaturated/α-hetero) is 1. The number of carbonyl (C=O) groups is 2. The van der Waals surface area contributed by atoms with E-state index in [4.69, 9.17) is 9.15 Å². The van der Waals surface area contributed by atoms with Gasteiger partial charge in [-0.15, -0.1) is 6.58 Å². The third-order valence-electron chi connectivity index (χ3n) is 4.78. The van der Waals surface area contributed by atoms with Gasteiger partial charge in [0.1, 0.15) is 18.1 Å². The van der Waals surface area contributed by atoms with Crippen LogP contribution in [0.1, 0.15) is 40.0 Å². The smallest absolute Gasteiger partial charge is 0.289 e. The van der Waals surface area contributed by atoms with Crippen molar-refractivity contribution in [1.82, 2.24) is 9.80 Å². The molecule has 1 fully saturated rings. The lowest BCUT2D eigenvalue weighted by atomic mass is 10.1. The van der Waals surface area contributed by atoms with E-state index < -0.39 is 0 Å². The molecule has 1 saturated heterocycles. The van der Waals surface area contributed by atoms with Gasteiger partial charge in [-0.1, -0.05) is 6.08 Å². The summed E-state index contributed by atoms with van der Waals surface area (Å²) in [6.07, 6.45) is 2.83. The normalized spacial score (nSPS) is 15.1. The van der Waals surface area contributed by atoms with Crippen LogP contribution in [-0.4, -0.2) is 54.2 Å². The molecule has 1 aromatic heterocycles. The Morgan fingerprint density at radius 1 is 1.11 bits per heavy atom. The van der Waals surface area contributed by atoms with Crippen molar-refractivity contribution in [2.24, 2.45) is 0 Å². The molecule has 2 aromatic rings. The van der Waals surface area contributed by atoms with Gasteiger partial charge in [0.15, 0.2) is 11.5 Å². The van der Waals surface area contributed by atoms with Crippen LogP contribution in [0.5, 0.6) is 5.75 Å². The first-order chi connectivity index (χ1) is 13.6. The molecule has 0 aliphatic carbocycles. The van der Waals surface area contributed by atoms with Gasteiger partial charge in [0, 0.05) is 38.3 Å². The lowest BCUT2D eigenvalue weighted by Gasteiger charge is -2.20. The molecule has 148 valence electrons. The van der Waals surface area contributed by atoms with Crippen molar-refractivity contribution < 1.29 is 18.7 Å². The molecular formula is C22H26N2O4. The predicted molar refractivity (Wildman–Crippen MR) is 107 cm³/mol. The van der Waals surface area contributed by atoms with E-state index in [0.717, 1.165) is 32.6 Å².